The van der Waals surface area contributed by atoms with E-state index in [0.717, 1.165) is 30.8 Å². The highest BCUT2D eigenvalue weighted by atomic mass is 16.5. The van der Waals surface area contributed by atoms with Crippen LogP contribution in [-0.2, 0) is 9.47 Å². The van der Waals surface area contributed by atoms with E-state index in [0.29, 0.717) is 6.61 Å². The highest BCUT2D eigenvalue weighted by Crippen LogP contribution is 2.21. The number of methoxy groups -OCH3 is 2. The van der Waals surface area contributed by atoms with Gasteiger partial charge in [-0.1, -0.05) is 19.1 Å². The Morgan fingerprint density at radius 2 is 1.85 bits per heavy atom. The van der Waals surface area contributed by atoms with E-state index in [1.165, 1.54) is 0 Å². The number of benzene rings is 1. The van der Waals surface area contributed by atoms with Crippen LogP contribution in [0.1, 0.15) is 31.9 Å². The van der Waals surface area contributed by atoms with Gasteiger partial charge in [-0.15, -0.1) is 0 Å². The Labute approximate surface area is 122 Å². The smallest absolute Gasteiger partial charge is 0.118 e. The van der Waals surface area contributed by atoms with Crippen LogP contribution in [0.4, 0.5) is 0 Å². The molecule has 0 fully saturated rings. The number of nitrogens with one attached hydrogen (secondary N) is 1. The summed E-state index contributed by atoms with van der Waals surface area (Å²) in [5.41, 5.74) is 1.15. The summed E-state index contributed by atoms with van der Waals surface area (Å²) in [5.74, 6) is 0.860. The SMILES string of the molecule is CCCNCC(OC(C)COC)c1ccc(OC)cc1. The van der Waals surface area contributed by atoms with Crippen molar-refractivity contribution in [2.45, 2.75) is 32.5 Å². The van der Waals surface area contributed by atoms with E-state index in [1.807, 2.05) is 19.1 Å². The molecule has 0 amide bonds. The molecule has 0 aliphatic rings. The van der Waals surface area contributed by atoms with Crippen molar-refractivity contribution in [1.29, 1.82) is 0 Å². The maximum Gasteiger partial charge on any atom is 0.118 e. The summed E-state index contributed by atoms with van der Waals surface area (Å²) in [4.78, 5) is 0. The minimum atomic E-state index is 0.0256. The first-order valence-electron chi connectivity index (χ1n) is 7.20. The lowest BCUT2D eigenvalue weighted by Crippen LogP contribution is -2.28. The molecule has 0 aromatic heterocycles. The van der Waals surface area contributed by atoms with Crippen molar-refractivity contribution in [2.75, 3.05) is 33.9 Å². The third-order valence-electron chi connectivity index (χ3n) is 3.04. The Morgan fingerprint density at radius 3 is 2.40 bits per heavy atom. The third kappa shape index (κ3) is 5.90. The molecule has 1 N–H and O–H groups in total. The summed E-state index contributed by atoms with van der Waals surface area (Å²) in [6.07, 6.45) is 1.20. The molecule has 0 saturated carbocycles. The summed E-state index contributed by atoms with van der Waals surface area (Å²) >= 11 is 0. The zero-order valence-electron chi connectivity index (χ0n) is 13.0. The van der Waals surface area contributed by atoms with Crippen LogP contribution >= 0.6 is 0 Å². The fourth-order valence-electron chi connectivity index (χ4n) is 2.03. The van der Waals surface area contributed by atoms with Crippen LogP contribution in [0.2, 0.25) is 0 Å². The highest BCUT2D eigenvalue weighted by molar-refractivity contribution is 5.28. The van der Waals surface area contributed by atoms with Crippen molar-refractivity contribution in [1.82, 2.24) is 5.32 Å². The molecule has 0 radical (unpaired) electrons. The first kappa shape index (κ1) is 17.0. The Kier molecular flexibility index (Phi) is 8.26. The van der Waals surface area contributed by atoms with Crippen LogP contribution in [0, 0.1) is 0 Å². The van der Waals surface area contributed by atoms with Crippen molar-refractivity contribution in [3.8, 4) is 5.75 Å². The molecule has 1 aromatic carbocycles. The number of rotatable bonds is 10. The van der Waals surface area contributed by atoms with Crippen molar-refractivity contribution < 1.29 is 14.2 Å². The number of hydrogen-bond acceptors (Lipinski definition) is 4. The van der Waals surface area contributed by atoms with E-state index < -0.39 is 0 Å². The molecule has 0 heterocycles. The highest BCUT2D eigenvalue weighted by Gasteiger charge is 2.15. The van der Waals surface area contributed by atoms with Gasteiger partial charge in [0, 0.05) is 13.7 Å². The molecule has 2 atom stereocenters. The van der Waals surface area contributed by atoms with Gasteiger partial charge >= 0.3 is 0 Å². The molecule has 1 aromatic rings. The standard InChI is InChI=1S/C16H27NO3/c1-5-10-17-11-16(20-13(2)12-18-3)14-6-8-15(19-4)9-7-14/h6-9,13,16-17H,5,10-12H2,1-4H3. The first-order valence-corrected chi connectivity index (χ1v) is 7.20. The Hall–Kier alpha value is -1.10. The van der Waals surface area contributed by atoms with Crippen molar-refractivity contribution in [3.05, 3.63) is 29.8 Å². The molecule has 0 bridgehead atoms. The van der Waals surface area contributed by atoms with Crippen molar-refractivity contribution in [2.24, 2.45) is 0 Å². The molecule has 1 rings (SSSR count). The summed E-state index contributed by atoms with van der Waals surface area (Å²) in [5, 5.41) is 3.41. The van der Waals surface area contributed by atoms with Gasteiger partial charge in [-0.3, -0.25) is 0 Å². The number of ether oxygens (including phenoxy) is 3. The van der Waals surface area contributed by atoms with E-state index in [-0.39, 0.29) is 12.2 Å². The monoisotopic (exact) mass is 281 g/mol. The first-order chi connectivity index (χ1) is 9.71. The lowest BCUT2D eigenvalue weighted by Gasteiger charge is -2.23. The van der Waals surface area contributed by atoms with Gasteiger partial charge < -0.3 is 19.5 Å². The molecule has 0 aliphatic heterocycles. The van der Waals surface area contributed by atoms with Crippen LogP contribution < -0.4 is 10.1 Å². The molecular formula is C16H27NO3. The van der Waals surface area contributed by atoms with Crippen molar-refractivity contribution >= 4 is 0 Å². The minimum absolute atomic E-state index is 0.0256. The fraction of sp³-hybridized carbons (Fsp3) is 0.625. The van der Waals surface area contributed by atoms with Crippen LogP contribution in [0.25, 0.3) is 0 Å². The van der Waals surface area contributed by atoms with E-state index in [2.05, 4.69) is 24.4 Å². The second-order valence-corrected chi connectivity index (χ2v) is 4.87. The molecule has 4 heteroatoms. The van der Waals surface area contributed by atoms with Crippen LogP contribution in [0.5, 0.6) is 5.75 Å². The quantitative estimate of drug-likeness (QED) is 0.669. The lowest BCUT2D eigenvalue weighted by molar-refractivity contribution is -0.0393. The van der Waals surface area contributed by atoms with Gasteiger partial charge in [0.05, 0.1) is 25.9 Å². The molecule has 0 aliphatic carbocycles. The van der Waals surface area contributed by atoms with Crippen LogP contribution in [0.3, 0.4) is 0 Å². The van der Waals surface area contributed by atoms with Gasteiger partial charge in [0.15, 0.2) is 0 Å². The normalized spacial score (nSPS) is 14.0. The van der Waals surface area contributed by atoms with Crippen LogP contribution in [-0.4, -0.2) is 40.0 Å². The second kappa shape index (κ2) is 9.75. The summed E-state index contributed by atoms with van der Waals surface area (Å²) in [6.45, 7) is 6.58. The van der Waals surface area contributed by atoms with Gasteiger partial charge in [-0.05, 0) is 37.6 Å². The van der Waals surface area contributed by atoms with Gasteiger partial charge in [0.25, 0.3) is 0 Å². The van der Waals surface area contributed by atoms with E-state index in [4.69, 9.17) is 14.2 Å². The van der Waals surface area contributed by atoms with Crippen LogP contribution in [0.15, 0.2) is 24.3 Å². The molecule has 20 heavy (non-hydrogen) atoms. The van der Waals surface area contributed by atoms with Gasteiger partial charge in [-0.2, -0.15) is 0 Å². The average Bonchev–Trinajstić information content (AvgIpc) is 2.47. The maximum absolute atomic E-state index is 6.07. The zero-order valence-corrected chi connectivity index (χ0v) is 13.0. The third-order valence-corrected chi connectivity index (χ3v) is 3.04. The summed E-state index contributed by atoms with van der Waals surface area (Å²) in [6, 6.07) is 8.03. The Bertz CT molecular complexity index is 353. The fourth-order valence-corrected chi connectivity index (χ4v) is 2.03. The predicted molar refractivity (Wildman–Crippen MR) is 81.3 cm³/mol. The van der Waals surface area contributed by atoms with E-state index in [9.17, 15) is 0 Å². The summed E-state index contributed by atoms with van der Waals surface area (Å²) in [7, 11) is 3.37. The minimum Gasteiger partial charge on any atom is -0.497 e. The van der Waals surface area contributed by atoms with E-state index in [1.54, 1.807) is 14.2 Å². The molecule has 2 unspecified atom stereocenters. The second-order valence-electron chi connectivity index (χ2n) is 4.87. The van der Waals surface area contributed by atoms with Gasteiger partial charge in [-0.25, -0.2) is 0 Å². The van der Waals surface area contributed by atoms with Crippen molar-refractivity contribution in [3.63, 3.8) is 0 Å². The van der Waals surface area contributed by atoms with Gasteiger partial charge in [0.1, 0.15) is 5.75 Å². The molecule has 4 nitrogen and oxygen atoms in total. The lowest BCUT2D eigenvalue weighted by atomic mass is 10.1. The average molecular weight is 281 g/mol. The summed E-state index contributed by atoms with van der Waals surface area (Å²) < 4.78 is 16.4. The predicted octanol–water partition coefficient (Wildman–Crippen LogP) is 2.79. The maximum atomic E-state index is 6.07. The Balaban J connectivity index is 2.68. The molecule has 0 saturated heterocycles. The Morgan fingerprint density at radius 1 is 1.15 bits per heavy atom. The van der Waals surface area contributed by atoms with Gasteiger partial charge in [0.2, 0.25) is 0 Å². The number of hydrogen-bond donors (Lipinski definition) is 1. The topological polar surface area (TPSA) is 39.7 Å². The molecule has 0 spiro atoms. The zero-order chi connectivity index (χ0) is 14.8. The van der Waals surface area contributed by atoms with E-state index >= 15 is 0 Å². The molecular weight excluding hydrogens is 254 g/mol. The molecule has 114 valence electrons. The largest absolute Gasteiger partial charge is 0.497 e.